The summed E-state index contributed by atoms with van der Waals surface area (Å²) in [7, 11) is 3.32. The lowest BCUT2D eigenvalue weighted by atomic mass is 9.77. The molecule has 6 nitrogen and oxygen atoms in total. The number of methoxy groups -OCH3 is 2. The zero-order valence-corrected chi connectivity index (χ0v) is 26.2. The Morgan fingerprint density at radius 2 is 1.22 bits per heavy atom. The average Bonchev–Trinajstić information content (AvgIpc) is 3.45. The van der Waals surface area contributed by atoms with Crippen molar-refractivity contribution in [1.82, 2.24) is 4.48 Å². The Hall–Kier alpha value is -3.92. The van der Waals surface area contributed by atoms with Crippen LogP contribution in [-0.2, 0) is 0 Å². The summed E-state index contributed by atoms with van der Waals surface area (Å²) in [5.41, 5.74) is 8.86. The minimum Gasteiger partial charge on any atom is -0.601 e. The second-order valence-electron chi connectivity index (χ2n) is 10.5. The third-order valence-electron chi connectivity index (χ3n) is 7.80. The van der Waals surface area contributed by atoms with Crippen molar-refractivity contribution < 1.29 is 23.3 Å². The SMILES string of the molecule is COc1ccc(O[B-]2(Oc3ccc(OC)cc3)n3c(C)cc(C)c3C(c3ccc(I)cc3)=C3C(C)=CC(C)=[N+]32)cc1. The molecule has 0 bridgehead atoms. The Morgan fingerprint density at radius 3 is 1.73 bits per heavy atom. The van der Waals surface area contributed by atoms with E-state index in [1.54, 1.807) is 14.2 Å². The molecule has 0 amide bonds. The first kappa shape index (κ1) is 27.3. The molecule has 0 fully saturated rings. The van der Waals surface area contributed by atoms with Crippen LogP contribution < -0.4 is 18.8 Å². The quantitative estimate of drug-likeness (QED) is 0.154. The molecule has 208 valence electrons. The molecule has 41 heavy (non-hydrogen) atoms. The van der Waals surface area contributed by atoms with E-state index in [9.17, 15) is 0 Å². The van der Waals surface area contributed by atoms with E-state index in [1.165, 1.54) is 3.57 Å². The van der Waals surface area contributed by atoms with Crippen LogP contribution >= 0.6 is 22.6 Å². The maximum Gasteiger partial charge on any atom is 0.780 e. The fraction of sp³-hybridized carbons (Fsp3) is 0.182. The Morgan fingerprint density at radius 1 is 0.707 bits per heavy atom. The number of nitrogens with zero attached hydrogens (tertiary/aromatic N) is 2. The second-order valence-corrected chi connectivity index (χ2v) is 11.7. The van der Waals surface area contributed by atoms with Gasteiger partial charge in [0.25, 0.3) is 0 Å². The molecule has 0 aliphatic carbocycles. The minimum absolute atomic E-state index is 0.672. The van der Waals surface area contributed by atoms with Crippen molar-refractivity contribution in [3.63, 3.8) is 0 Å². The van der Waals surface area contributed by atoms with Crippen molar-refractivity contribution in [1.29, 1.82) is 0 Å². The zero-order valence-electron chi connectivity index (χ0n) is 24.1. The van der Waals surface area contributed by atoms with Crippen molar-refractivity contribution in [2.24, 2.45) is 0 Å². The summed E-state index contributed by atoms with van der Waals surface area (Å²) in [5.74, 6) is 2.86. The van der Waals surface area contributed by atoms with Gasteiger partial charge in [-0.25, -0.2) is 0 Å². The number of ether oxygens (including phenoxy) is 2. The van der Waals surface area contributed by atoms with Gasteiger partial charge < -0.3 is 27.7 Å². The van der Waals surface area contributed by atoms with Crippen LogP contribution in [0.15, 0.2) is 96.2 Å². The molecule has 2 aliphatic rings. The van der Waals surface area contributed by atoms with Crippen LogP contribution in [0.5, 0.6) is 23.0 Å². The summed E-state index contributed by atoms with van der Waals surface area (Å²) < 4.78 is 30.8. The largest absolute Gasteiger partial charge is 0.780 e. The van der Waals surface area contributed by atoms with Crippen LogP contribution in [0, 0.1) is 17.4 Å². The standard InChI is InChI=1S/C33H32BIN2O4/c1-21-19-23(3)36-32(21)31(25-7-9-26(35)10-8-25)33-22(2)20-24(4)37(33)34(36,40-29-15-11-27(38-5)12-16-29)41-30-17-13-28(39-6)14-18-30/h7-20H,1-6H3. The summed E-state index contributed by atoms with van der Waals surface area (Å²) in [5, 5.41) is 0. The number of halogens is 1. The predicted molar refractivity (Wildman–Crippen MR) is 172 cm³/mol. The van der Waals surface area contributed by atoms with Crippen molar-refractivity contribution >= 4 is 40.7 Å². The summed E-state index contributed by atoms with van der Waals surface area (Å²) in [6, 6.07) is 26.2. The number of benzene rings is 3. The van der Waals surface area contributed by atoms with E-state index in [-0.39, 0.29) is 0 Å². The number of allylic oxidation sites excluding steroid dienone is 2. The molecule has 0 unspecified atom stereocenters. The van der Waals surface area contributed by atoms with Crippen molar-refractivity contribution in [2.75, 3.05) is 14.2 Å². The summed E-state index contributed by atoms with van der Waals surface area (Å²) in [6.45, 7) is 6.17. The molecule has 0 atom stereocenters. The minimum atomic E-state index is -2.38. The Kier molecular flexibility index (Phi) is 6.97. The first-order valence-corrected chi connectivity index (χ1v) is 14.7. The van der Waals surface area contributed by atoms with Crippen molar-refractivity contribution in [3.8, 4) is 23.0 Å². The fourth-order valence-corrected chi connectivity index (χ4v) is 6.49. The highest BCUT2D eigenvalue weighted by molar-refractivity contribution is 14.1. The second kappa shape index (κ2) is 10.5. The molecular weight excluding hydrogens is 626 g/mol. The van der Waals surface area contributed by atoms with Gasteiger partial charge in [-0.1, -0.05) is 12.1 Å². The summed E-state index contributed by atoms with van der Waals surface area (Å²) in [6.07, 6.45) is 2.21. The number of aryl methyl sites for hydroxylation is 2. The molecule has 4 aromatic rings. The Labute approximate surface area is 254 Å². The van der Waals surface area contributed by atoms with Crippen LogP contribution in [0.4, 0.5) is 0 Å². The molecule has 8 heteroatoms. The van der Waals surface area contributed by atoms with Gasteiger partial charge in [-0.05, 0) is 127 Å². The normalized spacial score (nSPS) is 15.3. The molecule has 3 aromatic carbocycles. The lowest BCUT2D eigenvalue weighted by molar-refractivity contribution is -0.372. The summed E-state index contributed by atoms with van der Waals surface area (Å²) in [4.78, 5) is 0. The lowest BCUT2D eigenvalue weighted by Crippen LogP contribution is -2.67. The zero-order chi connectivity index (χ0) is 28.9. The van der Waals surface area contributed by atoms with Gasteiger partial charge in [-0.3, -0.25) is 0 Å². The van der Waals surface area contributed by atoms with Crippen LogP contribution in [0.1, 0.15) is 36.4 Å². The number of hydrogen-bond acceptors (Lipinski definition) is 4. The predicted octanol–water partition coefficient (Wildman–Crippen LogP) is 7.37. The lowest BCUT2D eigenvalue weighted by Gasteiger charge is -2.43. The molecular formula is C33H32BIN2O4. The third-order valence-corrected chi connectivity index (χ3v) is 8.52. The molecule has 0 N–H and O–H groups in total. The number of hydrogen-bond donors (Lipinski definition) is 0. The van der Waals surface area contributed by atoms with E-state index in [2.05, 4.69) is 95.7 Å². The van der Waals surface area contributed by atoms with Gasteiger partial charge in [-0.2, -0.15) is 0 Å². The van der Waals surface area contributed by atoms with Gasteiger partial charge in [0.1, 0.15) is 17.2 Å². The topological polar surface area (TPSA) is 44.9 Å². The molecule has 0 spiro atoms. The number of fused-ring (bicyclic) bond motifs is 2. The molecule has 3 heterocycles. The van der Waals surface area contributed by atoms with E-state index in [0.717, 1.165) is 56.6 Å². The molecule has 0 radical (unpaired) electrons. The monoisotopic (exact) mass is 658 g/mol. The first-order valence-electron chi connectivity index (χ1n) is 13.6. The highest BCUT2D eigenvalue weighted by Crippen LogP contribution is 2.44. The van der Waals surface area contributed by atoms with Gasteiger partial charge >= 0.3 is 6.82 Å². The van der Waals surface area contributed by atoms with E-state index in [4.69, 9.17) is 18.8 Å². The van der Waals surface area contributed by atoms with Gasteiger partial charge in [0, 0.05) is 27.8 Å². The highest BCUT2D eigenvalue weighted by Gasteiger charge is 2.60. The highest BCUT2D eigenvalue weighted by atomic mass is 127. The summed E-state index contributed by atoms with van der Waals surface area (Å²) >= 11 is 2.35. The van der Waals surface area contributed by atoms with Crippen LogP contribution in [0.25, 0.3) is 5.57 Å². The maximum absolute atomic E-state index is 7.11. The number of rotatable bonds is 7. The van der Waals surface area contributed by atoms with Crippen molar-refractivity contribution in [2.45, 2.75) is 27.7 Å². The molecule has 1 aromatic heterocycles. The molecule has 0 saturated heterocycles. The molecule has 2 aliphatic heterocycles. The fourth-order valence-electron chi connectivity index (χ4n) is 6.13. The Bertz CT molecular complexity index is 1680. The van der Waals surface area contributed by atoms with Gasteiger partial charge in [0.15, 0.2) is 5.70 Å². The van der Waals surface area contributed by atoms with Gasteiger partial charge in [0.05, 0.1) is 31.3 Å². The third kappa shape index (κ3) is 4.54. The molecule has 6 rings (SSSR count). The van der Waals surface area contributed by atoms with Gasteiger partial charge in [-0.15, -0.1) is 0 Å². The van der Waals surface area contributed by atoms with E-state index in [1.807, 2.05) is 48.5 Å². The van der Waals surface area contributed by atoms with Crippen LogP contribution in [-0.4, -0.2) is 35.7 Å². The first-order chi connectivity index (χ1) is 19.8. The Balaban J connectivity index is 1.66. The van der Waals surface area contributed by atoms with Gasteiger partial charge in [0.2, 0.25) is 0 Å². The van der Waals surface area contributed by atoms with Crippen LogP contribution in [0.2, 0.25) is 0 Å². The van der Waals surface area contributed by atoms with E-state index >= 15 is 0 Å². The van der Waals surface area contributed by atoms with Crippen LogP contribution in [0.3, 0.4) is 0 Å². The van der Waals surface area contributed by atoms with Crippen molar-refractivity contribution in [3.05, 3.63) is 122 Å². The maximum atomic E-state index is 7.11. The smallest absolute Gasteiger partial charge is 0.601 e. The molecule has 0 saturated carbocycles. The van der Waals surface area contributed by atoms with E-state index < -0.39 is 6.82 Å². The van der Waals surface area contributed by atoms with E-state index in [0.29, 0.717) is 11.5 Å². The average molecular weight is 658 g/mol. The number of aromatic nitrogens is 1.